The topological polar surface area (TPSA) is 46.5 Å². The van der Waals surface area contributed by atoms with E-state index in [0.717, 1.165) is 38.5 Å². The molecular weight excluding hydrogens is 212 g/mol. The summed E-state index contributed by atoms with van der Waals surface area (Å²) < 4.78 is 4.88. The molecule has 0 saturated heterocycles. The maximum absolute atomic E-state index is 10.9. The number of rotatable bonds is 9. The van der Waals surface area contributed by atoms with Crippen LogP contribution in [0.1, 0.15) is 38.5 Å². The minimum absolute atomic E-state index is 0.151. The molecule has 0 spiro atoms. The third-order valence-corrected chi connectivity index (χ3v) is 2.20. The number of hydrogen-bond acceptors (Lipinski definition) is 4. The van der Waals surface area contributed by atoms with Crippen LogP contribution in [0.2, 0.25) is 0 Å². The number of carbonyl (C=O) groups is 1. The highest BCUT2D eigenvalue weighted by Crippen LogP contribution is 2.06. The molecule has 0 aliphatic heterocycles. The Morgan fingerprint density at radius 1 is 1.13 bits per heavy atom. The van der Waals surface area contributed by atoms with E-state index in [2.05, 4.69) is 19.2 Å². The fourth-order valence-corrected chi connectivity index (χ4v) is 1.23. The fourth-order valence-electron chi connectivity index (χ4n) is 1.17. The first-order valence-electron chi connectivity index (χ1n) is 5.34. The van der Waals surface area contributed by atoms with Gasteiger partial charge in [-0.2, -0.15) is 0 Å². The lowest BCUT2D eigenvalue weighted by molar-refractivity contribution is -0.138. The second-order valence-corrected chi connectivity index (χ2v) is 3.97. The van der Waals surface area contributed by atoms with E-state index in [1.807, 2.05) is 0 Å². The molecule has 0 heterocycles. The largest absolute Gasteiger partial charge is 0.462 e. The minimum atomic E-state index is -0.432. The van der Waals surface area contributed by atoms with Crippen molar-refractivity contribution in [2.75, 3.05) is 13.2 Å². The third-order valence-electron chi connectivity index (χ3n) is 2.02. The molecule has 88 valence electrons. The summed E-state index contributed by atoms with van der Waals surface area (Å²) in [6.45, 7) is 4.09. The van der Waals surface area contributed by atoms with Crippen molar-refractivity contribution in [3.05, 3.63) is 11.5 Å². The van der Waals surface area contributed by atoms with Crippen molar-refractivity contribution >= 4 is 18.6 Å². The number of ether oxygens (including phenoxy) is 1. The van der Waals surface area contributed by atoms with E-state index in [0.29, 0.717) is 6.61 Å². The minimum Gasteiger partial charge on any atom is -0.462 e. The molecule has 0 fully saturated rings. The highest BCUT2D eigenvalue weighted by Gasteiger charge is 2.02. The van der Waals surface area contributed by atoms with Crippen molar-refractivity contribution in [3.63, 3.8) is 0 Å². The number of carbonyl (C=O) groups excluding carboxylic acids is 1. The maximum Gasteiger partial charge on any atom is 0.343 e. The van der Waals surface area contributed by atoms with Gasteiger partial charge in [-0.25, -0.2) is 4.79 Å². The Morgan fingerprint density at radius 2 is 1.67 bits per heavy atom. The highest BCUT2D eigenvalue weighted by molar-refractivity contribution is 7.85. The van der Waals surface area contributed by atoms with Gasteiger partial charge in [0, 0.05) is 6.61 Å². The fraction of sp³-hybridized carbons (Fsp3) is 0.727. The number of hydrogen-bond donors (Lipinski definition) is 2. The summed E-state index contributed by atoms with van der Waals surface area (Å²) in [4.78, 5) is 11.0. The molecular formula is C11H20O3S. The van der Waals surface area contributed by atoms with Crippen molar-refractivity contribution in [1.82, 2.24) is 0 Å². The van der Waals surface area contributed by atoms with Gasteiger partial charge in [-0.3, -0.25) is 0 Å². The van der Waals surface area contributed by atoms with Crippen molar-refractivity contribution in [1.29, 1.82) is 0 Å². The second kappa shape index (κ2) is 10.1. The van der Waals surface area contributed by atoms with E-state index < -0.39 is 5.97 Å². The van der Waals surface area contributed by atoms with E-state index in [1.54, 1.807) is 0 Å². The monoisotopic (exact) mass is 232 g/mol. The van der Waals surface area contributed by atoms with Crippen LogP contribution >= 0.6 is 12.6 Å². The van der Waals surface area contributed by atoms with E-state index in [-0.39, 0.29) is 11.5 Å². The van der Waals surface area contributed by atoms with Crippen LogP contribution in [0, 0.1) is 0 Å². The molecule has 0 amide bonds. The first kappa shape index (κ1) is 14.5. The first-order valence-corrected chi connectivity index (χ1v) is 5.79. The summed E-state index contributed by atoms with van der Waals surface area (Å²) in [5.41, 5.74) is 0. The Balaban J connectivity index is 3.11. The van der Waals surface area contributed by atoms with Gasteiger partial charge < -0.3 is 9.84 Å². The predicted octanol–water partition coefficient (Wildman–Crippen LogP) is 2.31. The summed E-state index contributed by atoms with van der Waals surface area (Å²) in [5, 5.41) is 8.55. The third kappa shape index (κ3) is 9.82. The Kier molecular flexibility index (Phi) is 9.73. The van der Waals surface area contributed by atoms with Crippen LogP contribution in [-0.2, 0) is 9.53 Å². The Bertz CT molecular complexity index is 192. The molecule has 0 aliphatic carbocycles. The molecule has 0 atom stereocenters. The van der Waals surface area contributed by atoms with Gasteiger partial charge in [-0.05, 0) is 12.8 Å². The molecule has 0 aromatic carbocycles. The summed E-state index contributed by atoms with van der Waals surface area (Å²) in [6.07, 6.45) is 6.15. The van der Waals surface area contributed by atoms with Gasteiger partial charge >= 0.3 is 5.97 Å². The van der Waals surface area contributed by atoms with Crippen LogP contribution in [0.25, 0.3) is 0 Å². The molecule has 0 bridgehead atoms. The Labute approximate surface area is 96.9 Å². The molecule has 0 aromatic rings. The van der Waals surface area contributed by atoms with Gasteiger partial charge in [0.15, 0.2) is 0 Å². The van der Waals surface area contributed by atoms with Gasteiger partial charge in [0.1, 0.15) is 0 Å². The molecule has 0 unspecified atom stereocenters. The van der Waals surface area contributed by atoms with E-state index >= 15 is 0 Å². The Morgan fingerprint density at radius 3 is 2.20 bits per heavy atom. The van der Waals surface area contributed by atoms with Crippen molar-refractivity contribution < 1.29 is 14.6 Å². The zero-order valence-corrected chi connectivity index (χ0v) is 9.97. The maximum atomic E-state index is 10.9. The predicted molar refractivity (Wildman–Crippen MR) is 63.9 cm³/mol. The summed E-state index contributed by atoms with van der Waals surface area (Å²) in [6, 6.07) is 0. The van der Waals surface area contributed by atoms with Crippen LogP contribution in [0.4, 0.5) is 0 Å². The van der Waals surface area contributed by atoms with Crippen molar-refractivity contribution in [2.45, 2.75) is 38.5 Å². The lowest BCUT2D eigenvalue weighted by atomic mass is 10.1. The first-order chi connectivity index (χ1) is 7.18. The highest BCUT2D eigenvalue weighted by atomic mass is 32.1. The zero-order chi connectivity index (χ0) is 11.5. The standard InChI is InChI=1S/C11H20O3S/c1-10(15)11(13)14-9-7-5-3-2-4-6-8-12/h12,15H,1-9H2. The number of unbranched alkanes of at least 4 members (excludes halogenated alkanes) is 5. The quantitative estimate of drug-likeness (QED) is 0.277. The summed E-state index contributed by atoms with van der Waals surface area (Å²) >= 11 is 3.78. The molecule has 0 saturated carbocycles. The molecule has 15 heavy (non-hydrogen) atoms. The van der Waals surface area contributed by atoms with Crippen LogP contribution in [0.3, 0.4) is 0 Å². The van der Waals surface area contributed by atoms with Crippen LogP contribution in [0.15, 0.2) is 11.5 Å². The van der Waals surface area contributed by atoms with Gasteiger partial charge in [-0.15, -0.1) is 12.6 Å². The molecule has 0 rings (SSSR count). The number of aliphatic hydroxyl groups is 1. The molecule has 0 aliphatic rings. The molecule has 1 N–H and O–H groups in total. The van der Waals surface area contributed by atoms with E-state index in [4.69, 9.17) is 9.84 Å². The zero-order valence-electron chi connectivity index (χ0n) is 9.07. The van der Waals surface area contributed by atoms with Crippen LogP contribution < -0.4 is 0 Å². The van der Waals surface area contributed by atoms with Crippen molar-refractivity contribution in [2.24, 2.45) is 0 Å². The average molecular weight is 232 g/mol. The smallest absolute Gasteiger partial charge is 0.343 e. The lowest BCUT2D eigenvalue weighted by Crippen LogP contribution is -2.04. The summed E-state index contributed by atoms with van der Waals surface area (Å²) in [7, 11) is 0. The number of aliphatic hydroxyl groups excluding tert-OH is 1. The normalized spacial score (nSPS) is 10.0. The van der Waals surface area contributed by atoms with E-state index in [9.17, 15) is 4.79 Å². The number of thiol groups is 1. The molecule has 3 nitrogen and oxygen atoms in total. The summed E-state index contributed by atoms with van der Waals surface area (Å²) in [5.74, 6) is -0.432. The molecule has 0 aromatic heterocycles. The van der Waals surface area contributed by atoms with Crippen molar-refractivity contribution in [3.8, 4) is 0 Å². The Hall–Kier alpha value is -0.480. The van der Waals surface area contributed by atoms with Gasteiger partial charge in [0.2, 0.25) is 0 Å². The van der Waals surface area contributed by atoms with Crippen LogP contribution in [0.5, 0.6) is 0 Å². The lowest BCUT2D eigenvalue weighted by Gasteiger charge is -2.03. The van der Waals surface area contributed by atoms with Crippen LogP contribution in [-0.4, -0.2) is 24.3 Å². The second-order valence-electron chi connectivity index (χ2n) is 3.43. The molecule has 4 heteroatoms. The number of esters is 1. The SMILES string of the molecule is C=C(S)C(=O)OCCCCCCCCO. The molecule has 0 radical (unpaired) electrons. The van der Waals surface area contributed by atoms with E-state index in [1.165, 1.54) is 0 Å². The van der Waals surface area contributed by atoms with Gasteiger partial charge in [0.05, 0.1) is 11.5 Å². The average Bonchev–Trinajstić information content (AvgIpc) is 2.21. The van der Waals surface area contributed by atoms with Gasteiger partial charge in [-0.1, -0.05) is 32.3 Å². The van der Waals surface area contributed by atoms with Gasteiger partial charge in [0.25, 0.3) is 0 Å².